The highest BCUT2D eigenvalue weighted by Gasteiger charge is 2.08. The zero-order chi connectivity index (χ0) is 18.2. The molecule has 0 atom stereocenters. The van der Waals surface area contributed by atoms with Crippen molar-refractivity contribution in [1.29, 1.82) is 0 Å². The van der Waals surface area contributed by atoms with Gasteiger partial charge in [-0.1, -0.05) is 30.3 Å². The van der Waals surface area contributed by atoms with Crippen LogP contribution in [0, 0.1) is 13.8 Å². The second-order valence-corrected chi connectivity index (χ2v) is 6.96. The van der Waals surface area contributed by atoms with Crippen molar-refractivity contribution < 1.29 is 0 Å². The van der Waals surface area contributed by atoms with Gasteiger partial charge in [-0.15, -0.1) is 0 Å². The summed E-state index contributed by atoms with van der Waals surface area (Å²) in [6.07, 6.45) is 8.28. The molecule has 26 heavy (non-hydrogen) atoms. The van der Waals surface area contributed by atoms with E-state index in [9.17, 15) is 0 Å². The molecule has 3 aromatic rings. The molecule has 2 aromatic heterocycles. The summed E-state index contributed by atoms with van der Waals surface area (Å²) in [7, 11) is 0. The third-order valence-electron chi connectivity index (χ3n) is 4.60. The third kappa shape index (κ3) is 5.85. The first-order valence-electron chi connectivity index (χ1n) is 9.46. The number of benzene rings is 1. The Morgan fingerprint density at radius 1 is 0.808 bits per heavy atom. The summed E-state index contributed by atoms with van der Waals surface area (Å²) in [5.74, 6) is 1.99. The van der Waals surface area contributed by atoms with E-state index in [1.54, 1.807) is 0 Å². The normalized spacial score (nSPS) is 11.3. The zero-order valence-electron chi connectivity index (χ0n) is 15.8. The van der Waals surface area contributed by atoms with Crippen LogP contribution in [0.4, 0.5) is 0 Å². The minimum absolute atomic E-state index is 0.996. The van der Waals surface area contributed by atoms with E-state index in [-0.39, 0.29) is 0 Å². The Balaban J connectivity index is 1.50. The summed E-state index contributed by atoms with van der Waals surface area (Å²) in [5.41, 5.74) is 3.84. The van der Waals surface area contributed by atoms with Gasteiger partial charge in [0.2, 0.25) is 0 Å². The summed E-state index contributed by atoms with van der Waals surface area (Å²) in [5, 5.41) is 0. The zero-order valence-corrected chi connectivity index (χ0v) is 15.8. The fourth-order valence-electron chi connectivity index (χ4n) is 3.30. The Bertz CT molecular complexity index is 728. The van der Waals surface area contributed by atoms with Crippen LogP contribution in [0.3, 0.4) is 0 Å². The Kier molecular flexibility index (Phi) is 6.61. The molecule has 0 spiro atoms. The summed E-state index contributed by atoms with van der Waals surface area (Å²) in [6.45, 7) is 7.19. The number of imidazole rings is 2. The van der Waals surface area contributed by atoms with Gasteiger partial charge in [-0.2, -0.15) is 0 Å². The number of aromatic nitrogens is 4. The number of nitrogens with zero attached hydrogens (tertiary/aromatic N) is 3. The first kappa shape index (κ1) is 18.4. The number of rotatable bonds is 10. The SMILES string of the molecule is Cc1ncc(CCCN(CCCc2cnc(C)[nH]2)Cc2ccccc2)[nH]1. The summed E-state index contributed by atoms with van der Waals surface area (Å²) < 4.78 is 0. The van der Waals surface area contributed by atoms with Crippen molar-refractivity contribution in [2.75, 3.05) is 13.1 Å². The molecule has 0 bridgehead atoms. The molecule has 5 heteroatoms. The highest BCUT2D eigenvalue weighted by molar-refractivity contribution is 5.14. The second kappa shape index (κ2) is 9.34. The van der Waals surface area contributed by atoms with Crippen molar-refractivity contribution >= 4 is 0 Å². The number of nitrogens with one attached hydrogen (secondary N) is 2. The Morgan fingerprint density at radius 2 is 1.35 bits per heavy atom. The van der Waals surface area contributed by atoms with E-state index in [0.29, 0.717) is 0 Å². The van der Waals surface area contributed by atoms with Crippen LogP contribution in [0.15, 0.2) is 42.7 Å². The molecule has 0 radical (unpaired) electrons. The number of hydrogen-bond acceptors (Lipinski definition) is 3. The van der Waals surface area contributed by atoms with Gasteiger partial charge in [-0.25, -0.2) is 9.97 Å². The second-order valence-electron chi connectivity index (χ2n) is 6.96. The van der Waals surface area contributed by atoms with Gasteiger partial charge in [0.25, 0.3) is 0 Å². The molecule has 3 rings (SSSR count). The van der Waals surface area contributed by atoms with Gasteiger partial charge >= 0.3 is 0 Å². The molecule has 0 saturated heterocycles. The van der Waals surface area contributed by atoms with Gasteiger partial charge in [-0.3, -0.25) is 4.90 Å². The predicted molar refractivity (Wildman–Crippen MR) is 105 cm³/mol. The van der Waals surface area contributed by atoms with E-state index in [4.69, 9.17) is 0 Å². The molecule has 2 heterocycles. The number of aromatic amines is 2. The van der Waals surface area contributed by atoms with Gasteiger partial charge < -0.3 is 9.97 Å². The standard InChI is InChI=1S/C21H29N5/c1-17-22-14-20(24-17)10-6-12-26(16-19-8-4-3-5-9-19)13-7-11-21-15-23-18(2)25-21/h3-5,8-9,14-15H,6-7,10-13,16H2,1-2H3,(H,22,24)(H,23,25). The number of aryl methyl sites for hydroxylation is 4. The quantitative estimate of drug-likeness (QED) is 0.584. The fourth-order valence-corrected chi connectivity index (χ4v) is 3.30. The number of hydrogen-bond donors (Lipinski definition) is 2. The maximum atomic E-state index is 4.29. The van der Waals surface area contributed by atoms with Crippen molar-refractivity contribution in [3.05, 3.63) is 71.3 Å². The lowest BCUT2D eigenvalue weighted by molar-refractivity contribution is 0.258. The van der Waals surface area contributed by atoms with Crippen LogP contribution < -0.4 is 0 Å². The van der Waals surface area contributed by atoms with E-state index in [0.717, 1.165) is 57.0 Å². The van der Waals surface area contributed by atoms with Crippen LogP contribution in [-0.4, -0.2) is 37.9 Å². The summed E-state index contributed by atoms with van der Waals surface area (Å²) >= 11 is 0. The Morgan fingerprint density at radius 3 is 1.81 bits per heavy atom. The molecular formula is C21H29N5. The van der Waals surface area contributed by atoms with Crippen molar-refractivity contribution in [3.8, 4) is 0 Å². The average molecular weight is 351 g/mol. The van der Waals surface area contributed by atoms with E-state index in [1.165, 1.54) is 17.0 Å². The Labute approximate surface area is 155 Å². The van der Waals surface area contributed by atoms with E-state index >= 15 is 0 Å². The topological polar surface area (TPSA) is 60.6 Å². The highest BCUT2D eigenvalue weighted by atomic mass is 15.1. The molecule has 138 valence electrons. The maximum absolute atomic E-state index is 4.29. The van der Waals surface area contributed by atoms with Crippen molar-refractivity contribution in [3.63, 3.8) is 0 Å². The maximum Gasteiger partial charge on any atom is 0.103 e. The lowest BCUT2D eigenvalue weighted by Crippen LogP contribution is -2.26. The molecule has 0 amide bonds. The summed E-state index contributed by atoms with van der Waals surface area (Å²) in [4.78, 5) is 17.8. The van der Waals surface area contributed by atoms with E-state index < -0.39 is 0 Å². The highest BCUT2D eigenvalue weighted by Crippen LogP contribution is 2.09. The van der Waals surface area contributed by atoms with Gasteiger partial charge in [-0.05, 0) is 58.2 Å². The first-order valence-corrected chi connectivity index (χ1v) is 9.46. The molecule has 5 nitrogen and oxygen atoms in total. The fraction of sp³-hybridized carbons (Fsp3) is 0.429. The summed E-state index contributed by atoms with van der Waals surface area (Å²) in [6, 6.07) is 10.7. The molecular weight excluding hydrogens is 322 g/mol. The number of H-pyrrole nitrogens is 2. The van der Waals surface area contributed by atoms with Gasteiger partial charge in [0.15, 0.2) is 0 Å². The minimum Gasteiger partial charge on any atom is -0.346 e. The Hall–Kier alpha value is -2.40. The largest absolute Gasteiger partial charge is 0.346 e. The molecule has 2 N–H and O–H groups in total. The van der Waals surface area contributed by atoms with Crippen LogP contribution in [0.2, 0.25) is 0 Å². The van der Waals surface area contributed by atoms with Crippen molar-refractivity contribution in [2.24, 2.45) is 0 Å². The van der Waals surface area contributed by atoms with Crippen LogP contribution in [0.25, 0.3) is 0 Å². The molecule has 0 saturated carbocycles. The van der Waals surface area contributed by atoms with Crippen LogP contribution in [0.5, 0.6) is 0 Å². The monoisotopic (exact) mass is 351 g/mol. The van der Waals surface area contributed by atoms with Crippen molar-refractivity contribution in [2.45, 2.75) is 46.1 Å². The lowest BCUT2D eigenvalue weighted by atomic mass is 10.1. The van der Waals surface area contributed by atoms with Crippen molar-refractivity contribution in [1.82, 2.24) is 24.8 Å². The third-order valence-corrected chi connectivity index (χ3v) is 4.60. The minimum atomic E-state index is 0.996. The van der Waals surface area contributed by atoms with Crippen LogP contribution in [0.1, 0.15) is 41.4 Å². The van der Waals surface area contributed by atoms with Gasteiger partial charge in [0, 0.05) is 30.3 Å². The average Bonchev–Trinajstić information content (AvgIpc) is 3.24. The first-order chi connectivity index (χ1) is 12.7. The lowest BCUT2D eigenvalue weighted by Gasteiger charge is -2.22. The van der Waals surface area contributed by atoms with Crippen LogP contribution >= 0.6 is 0 Å². The smallest absolute Gasteiger partial charge is 0.103 e. The molecule has 0 unspecified atom stereocenters. The van der Waals surface area contributed by atoms with Gasteiger partial charge in [0.05, 0.1) is 0 Å². The van der Waals surface area contributed by atoms with E-state index in [1.807, 2.05) is 26.2 Å². The van der Waals surface area contributed by atoms with E-state index in [2.05, 4.69) is 55.2 Å². The van der Waals surface area contributed by atoms with Gasteiger partial charge in [0.1, 0.15) is 11.6 Å². The molecule has 0 fully saturated rings. The molecule has 0 aliphatic heterocycles. The molecule has 1 aromatic carbocycles. The van der Waals surface area contributed by atoms with Crippen LogP contribution in [-0.2, 0) is 19.4 Å². The molecule has 0 aliphatic rings. The predicted octanol–water partition coefficient (Wildman–Crippen LogP) is 3.82. The molecule has 0 aliphatic carbocycles.